The molecule has 0 atom stereocenters. The van der Waals surface area contributed by atoms with E-state index in [1.807, 2.05) is 31.2 Å². The van der Waals surface area contributed by atoms with Gasteiger partial charge in [-0.15, -0.1) is 11.8 Å². The zero-order valence-corrected chi connectivity index (χ0v) is 15.4. The molecule has 0 aliphatic heterocycles. The minimum Gasteiger partial charge on any atom is -0.325 e. The fourth-order valence-electron chi connectivity index (χ4n) is 2.76. The van der Waals surface area contributed by atoms with Crippen LogP contribution < -0.4 is 10.9 Å². The lowest BCUT2D eigenvalue weighted by Gasteiger charge is -2.12. The Balaban J connectivity index is 1.78. The molecule has 0 aliphatic carbocycles. The summed E-state index contributed by atoms with van der Waals surface area (Å²) in [7, 11) is 0. The molecule has 0 aliphatic rings. The number of amides is 1. The number of benzene rings is 2. The molecule has 3 aromatic rings. The highest BCUT2D eigenvalue weighted by Crippen LogP contribution is 2.26. The van der Waals surface area contributed by atoms with Gasteiger partial charge in [-0.05, 0) is 37.6 Å². The van der Waals surface area contributed by atoms with Crippen molar-refractivity contribution < 1.29 is 9.18 Å². The Labute approximate surface area is 155 Å². The molecule has 1 N–H and O–H groups in total. The number of anilines is 1. The summed E-state index contributed by atoms with van der Waals surface area (Å²) >= 11 is 1.30. The molecule has 0 radical (unpaired) electrons. The van der Waals surface area contributed by atoms with Crippen LogP contribution >= 0.6 is 11.8 Å². The second-order valence-corrected chi connectivity index (χ2v) is 6.93. The van der Waals surface area contributed by atoms with Crippen LogP contribution in [0.15, 0.2) is 58.2 Å². The van der Waals surface area contributed by atoms with E-state index in [-0.39, 0.29) is 23.0 Å². The molecule has 3 rings (SSSR count). The Bertz CT molecular complexity index is 1030. The van der Waals surface area contributed by atoms with Gasteiger partial charge in [0, 0.05) is 28.6 Å². The van der Waals surface area contributed by atoms with Gasteiger partial charge in [0.25, 0.3) is 5.56 Å². The van der Waals surface area contributed by atoms with Crippen LogP contribution in [0.2, 0.25) is 0 Å². The highest BCUT2D eigenvalue weighted by atomic mass is 32.2. The number of aryl methyl sites for hydroxylation is 2. The zero-order chi connectivity index (χ0) is 18.7. The van der Waals surface area contributed by atoms with E-state index >= 15 is 0 Å². The molecule has 26 heavy (non-hydrogen) atoms. The first-order valence-corrected chi connectivity index (χ1v) is 9.29. The Kier molecular flexibility index (Phi) is 5.42. The van der Waals surface area contributed by atoms with E-state index in [9.17, 15) is 14.0 Å². The number of carbonyl (C=O) groups is 1. The molecule has 0 saturated heterocycles. The van der Waals surface area contributed by atoms with E-state index in [2.05, 4.69) is 5.32 Å². The third-order valence-corrected chi connectivity index (χ3v) is 5.17. The SMILES string of the molecule is CCn1c(=O)cc(SCC(=O)Nc2ccc(C)c(F)c2)c2ccccc21. The Hall–Kier alpha value is -2.60. The van der Waals surface area contributed by atoms with Crippen molar-refractivity contribution in [3.63, 3.8) is 0 Å². The van der Waals surface area contributed by atoms with Gasteiger partial charge in [-0.25, -0.2) is 4.39 Å². The fourth-order valence-corrected chi connectivity index (χ4v) is 3.63. The summed E-state index contributed by atoms with van der Waals surface area (Å²) < 4.78 is 15.3. The first kappa shape index (κ1) is 18.2. The van der Waals surface area contributed by atoms with Gasteiger partial charge in [-0.2, -0.15) is 0 Å². The topological polar surface area (TPSA) is 51.1 Å². The molecule has 4 nitrogen and oxygen atoms in total. The monoisotopic (exact) mass is 370 g/mol. The van der Waals surface area contributed by atoms with Crippen molar-refractivity contribution in [3.8, 4) is 0 Å². The number of aromatic nitrogens is 1. The van der Waals surface area contributed by atoms with E-state index in [4.69, 9.17) is 0 Å². The van der Waals surface area contributed by atoms with E-state index in [1.165, 1.54) is 17.8 Å². The minimum atomic E-state index is -0.357. The van der Waals surface area contributed by atoms with Gasteiger partial charge in [-0.1, -0.05) is 24.3 Å². The lowest BCUT2D eigenvalue weighted by atomic mass is 10.2. The number of para-hydroxylation sites is 1. The van der Waals surface area contributed by atoms with Crippen molar-refractivity contribution in [2.75, 3.05) is 11.1 Å². The maximum Gasteiger partial charge on any atom is 0.252 e. The van der Waals surface area contributed by atoms with Gasteiger partial charge >= 0.3 is 0 Å². The van der Waals surface area contributed by atoms with Crippen LogP contribution in [-0.2, 0) is 11.3 Å². The molecule has 0 spiro atoms. The van der Waals surface area contributed by atoms with Gasteiger partial charge in [0.2, 0.25) is 5.91 Å². The first-order valence-electron chi connectivity index (χ1n) is 8.31. The number of halogens is 1. The summed E-state index contributed by atoms with van der Waals surface area (Å²) in [5.74, 6) is -0.471. The molecule has 6 heteroatoms. The molecule has 0 bridgehead atoms. The van der Waals surface area contributed by atoms with Gasteiger partial charge in [0.1, 0.15) is 5.82 Å². The van der Waals surface area contributed by atoms with Crippen LogP contribution in [0.1, 0.15) is 12.5 Å². The highest BCUT2D eigenvalue weighted by Gasteiger charge is 2.11. The number of fused-ring (bicyclic) bond motifs is 1. The maximum atomic E-state index is 13.6. The number of rotatable bonds is 5. The van der Waals surface area contributed by atoms with Crippen molar-refractivity contribution in [1.82, 2.24) is 4.57 Å². The normalized spacial score (nSPS) is 10.9. The lowest BCUT2D eigenvalue weighted by Crippen LogP contribution is -2.19. The van der Waals surface area contributed by atoms with Gasteiger partial charge in [0.05, 0.1) is 11.3 Å². The number of hydrogen-bond acceptors (Lipinski definition) is 3. The molecule has 1 heterocycles. The van der Waals surface area contributed by atoms with Crippen LogP contribution in [-0.4, -0.2) is 16.2 Å². The number of nitrogens with one attached hydrogen (secondary N) is 1. The molecular weight excluding hydrogens is 351 g/mol. The van der Waals surface area contributed by atoms with Crippen molar-refractivity contribution in [2.45, 2.75) is 25.3 Å². The fraction of sp³-hybridized carbons (Fsp3) is 0.200. The Morgan fingerprint density at radius 3 is 2.69 bits per heavy atom. The smallest absolute Gasteiger partial charge is 0.252 e. The third-order valence-electron chi connectivity index (χ3n) is 4.11. The number of hydrogen-bond donors (Lipinski definition) is 1. The van der Waals surface area contributed by atoms with Crippen LogP contribution in [0.4, 0.5) is 10.1 Å². The summed E-state index contributed by atoms with van der Waals surface area (Å²) in [4.78, 5) is 25.3. The first-order chi connectivity index (χ1) is 12.5. The van der Waals surface area contributed by atoms with Crippen molar-refractivity contribution in [2.24, 2.45) is 0 Å². The Morgan fingerprint density at radius 1 is 1.19 bits per heavy atom. The average molecular weight is 370 g/mol. The van der Waals surface area contributed by atoms with Crippen LogP contribution in [0, 0.1) is 12.7 Å². The van der Waals surface area contributed by atoms with Crippen LogP contribution in [0.5, 0.6) is 0 Å². The minimum absolute atomic E-state index is 0.0882. The molecule has 0 unspecified atom stereocenters. The molecule has 2 aromatic carbocycles. The maximum absolute atomic E-state index is 13.6. The van der Waals surface area contributed by atoms with Crippen LogP contribution in [0.3, 0.4) is 0 Å². The highest BCUT2D eigenvalue weighted by molar-refractivity contribution is 8.00. The van der Waals surface area contributed by atoms with E-state index in [1.54, 1.807) is 29.7 Å². The second-order valence-electron chi connectivity index (χ2n) is 5.91. The molecule has 1 aromatic heterocycles. The van der Waals surface area contributed by atoms with E-state index in [0.717, 1.165) is 15.8 Å². The van der Waals surface area contributed by atoms with E-state index < -0.39 is 0 Å². The summed E-state index contributed by atoms with van der Waals surface area (Å²) in [6.45, 7) is 4.18. The predicted octanol–water partition coefficient (Wildman–Crippen LogP) is 4.20. The lowest BCUT2D eigenvalue weighted by molar-refractivity contribution is -0.113. The van der Waals surface area contributed by atoms with Gasteiger partial charge < -0.3 is 9.88 Å². The molecule has 0 fully saturated rings. The standard InChI is InChI=1S/C20H19FN2O2S/c1-3-23-17-7-5-4-6-15(17)18(11-20(23)25)26-12-19(24)22-14-9-8-13(2)16(21)10-14/h4-11H,3,12H2,1-2H3,(H,22,24). The molecule has 134 valence electrons. The number of thioether (sulfide) groups is 1. The van der Waals surface area contributed by atoms with Gasteiger partial charge in [0.15, 0.2) is 0 Å². The molecule has 0 saturated carbocycles. The van der Waals surface area contributed by atoms with Gasteiger partial charge in [-0.3, -0.25) is 9.59 Å². The summed E-state index contributed by atoms with van der Waals surface area (Å²) in [6, 6.07) is 13.8. The summed E-state index contributed by atoms with van der Waals surface area (Å²) in [6.07, 6.45) is 0. The number of nitrogens with zero attached hydrogens (tertiary/aromatic N) is 1. The third kappa shape index (κ3) is 3.80. The summed E-state index contributed by atoms with van der Waals surface area (Å²) in [5, 5.41) is 3.62. The number of carbonyl (C=O) groups excluding carboxylic acids is 1. The summed E-state index contributed by atoms with van der Waals surface area (Å²) in [5.41, 5.74) is 1.71. The largest absolute Gasteiger partial charge is 0.325 e. The number of pyridine rings is 1. The van der Waals surface area contributed by atoms with Crippen LogP contribution in [0.25, 0.3) is 10.9 Å². The molecular formula is C20H19FN2O2S. The molecule has 1 amide bonds. The van der Waals surface area contributed by atoms with Crippen molar-refractivity contribution in [1.29, 1.82) is 0 Å². The van der Waals surface area contributed by atoms with Crippen molar-refractivity contribution >= 4 is 34.3 Å². The average Bonchev–Trinajstić information content (AvgIpc) is 2.63. The Morgan fingerprint density at radius 2 is 1.96 bits per heavy atom. The quantitative estimate of drug-likeness (QED) is 0.685. The second kappa shape index (κ2) is 7.74. The zero-order valence-electron chi connectivity index (χ0n) is 14.6. The van der Waals surface area contributed by atoms with Crippen molar-refractivity contribution in [3.05, 3.63) is 70.3 Å². The predicted molar refractivity (Wildman–Crippen MR) is 104 cm³/mol. The van der Waals surface area contributed by atoms with E-state index in [0.29, 0.717) is 17.8 Å².